The molecule has 1 aromatic carbocycles. The van der Waals surface area contributed by atoms with Crippen molar-refractivity contribution >= 4 is 12.1 Å². The highest BCUT2D eigenvalue weighted by Crippen LogP contribution is 2.34. The molecule has 1 aliphatic rings. The number of likely N-dealkylation sites (tertiary alicyclic amines) is 1. The fourth-order valence-electron chi connectivity index (χ4n) is 3.06. The van der Waals surface area contributed by atoms with Crippen molar-refractivity contribution in [2.45, 2.75) is 25.0 Å². The summed E-state index contributed by atoms with van der Waals surface area (Å²) in [6.07, 6.45) is 3.25. The van der Waals surface area contributed by atoms with Crippen LogP contribution in [0.15, 0.2) is 54.9 Å². The molecule has 1 aromatic heterocycles. The zero-order valence-corrected chi connectivity index (χ0v) is 13.0. The smallest absolute Gasteiger partial charge is 0.410 e. The third-order valence-corrected chi connectivity index (χ3v) is 4.22. The fraction of sp³-hybridized carbons (Fsp3) is 0.278. The molecule has 2 aromatic rings. The number of ether oxygens (including phenoxy) is 1. The Morgan fingerprint density at radius 3 is 2.54 bits per heavy atom. The van der Waals surface area contributed by atoms with Gasteiger partial charge in [0.15, 0.2) is 0 Å². The van der Waals surface area contributed by atoms with Gasteiger partial charge in [-0.1, -0.05) is 30.3 Å². The van der Waals surface area contributed by atoms with E-state index in [2.05, 4.69) is 4.98 Å². The lowest BCUT2D eigenvalue weighted by atomic mass is 9.92. The van der Waals surface area contributed by atoms with E-state index < -0.39 is 18.1 Å². The second-order valence-electron chi connectivity index (χ2n) is 5.69. The summed E-state index contributed by atoms with van der Waals surface area (Å²) in [4.78, 5) is 29.3. The van der Waals surface area contributed by atoms with E-state index in [4.69, 9.17) is 4.74 Å². The van der Waals surface area contributed by atoms with Gasteiger partial charge in [-0.25, -0.2) is 9.59 Å². The first kappa shape index (κ1) is 16.0. The van der Waals surface area contributed by atoms with E-state index in [1.807, 2.05) is 30.3 Å². The van der Waals surface area contributed by atoms with E-state index in [0.717, 1.165) is 11.1 Å². The number of aliphatic carboxylic acids is 1. The molecule has 0 saturated carbocycles. The van der Waals surface area contributed by atoms with Gasteiger partial charge >= 0.3 is 12.1 Å². The molecule has 6 heteroatoms. The minimum atomic E-state index is -1.02. The molecule has 24 heavy (non-hydrogen) atoms. The summed E-state index contributed by atoms with van der Waals surface area (Å²) in [6.45, 7) is 0.486. The molecule has 3 rings (SSSR count). The van der Waals surface area contributed by atoms with Gasteiger partial charge in [-0.15, -0.1) is 0 Å². The lowest BCUT2D eigenvalue weighted by Crippen LogP contribution is -2.42. The maximum atomic E-state index is 12.3. The van der Waals surface area contributed by atoms with Crippen molar-refractivity contribution in [2.75, 3.05) is 6.54 Å². The second-order valence-corrected chi connectivity index (χ2v) is 5.69. The number of nitrogens with zero attached hydrogens (tertiary/aromatic N) is 2. The van der Waals surface area contributed by atoms with E-state index >= 15 is 0 Å². The van der Waals surface area contributed by atoms with Crippen LogP contribution in [0, 0.1) is 0 Å². The van der Waals surface area contributed by atoms with E-state index in [1.165, 1.54) is 4.90 Å². The van der Waals surface area contributed by atoms with Crippen LogP contribution in [0.2, 0.25) is 0 Å². The molecule has 1 N–H and O–H groups in total. The Kier molecular flexibility index (Phi) is 4.74. The second kappa shape index (κ2) is 7.12. The molecule has 1 amide bonds. The van der Waals surface area contributed by atoms with Crippen molar-refractivity contribution in [1.82, 2.24) is 9.88 Å². The molecule has 0 radical (unpaired) electrons. The number of carboxylic acids is 1. The topological polar surface area (TPSA) is 79.7 Å². The lowest BCUT2D eigenvalue weighted by Gasteiger charge is -2.24. The summed E-state index contributed by atoms with van der Waals surface area (Å²) in [5.74, 6) is -1.28. The van der Waals surface area contributed by atoms with Crippen molar-refractivity contribution in [3.8, 4) is 0 Å². The number of carbonyl (C=O) groups excluding carboxylic acids is 1. The van der Waals surface area contributed by atoms with E-state index in [9.17, 15) is 14.7 Å². The first-order chi connectivity index (χ1) is 11.7. The molecule has 124 valence electrons. The predicted molar refractivity (Wildman–Crippen MR) is 86.4 cm³/mol. The highest BCUT2D eigenvalue weighted by atomic mass is 16.6. The number of hydrogen-bond acceptors (Lipinski definition) is 4. The van der Waals surface area contributed by atoms with Crippen molar-refractivity contribution in [3.05, 3.63) is 66.0 Å². The molecule has 1 aliphatic heterocycles. The highest BCUT2D eigenvalue weighted by Gasteiger charge is 2.43. The standard InChI is InChI=1S/C18H18N2O4/c21-17(22)16-15(14-6-9-19-10-7-14)8-11-20(16)18(23)24-12-13-4-2-1-3-5-13/h1-7,9-10,15-16H,8,11-12H2,(H,21,22)/t15-,16?/m1/s1. The van der Waals surface area contributed by atoms with Gasteiger partial charge in [0, 0.05) is 24.9 Å². The number of carboxylic acid groups (broad SMARTS) is 1. The van der Waals surface area contributed by atoms with Crippen LogP contribution in [0.3, 0.4) is 0 Å². The molecular formula is C18H18N2O4. The van der Waals surface area contributed by atoms with Crippen LogP contribution in [0.25, 0.3) is 0 Å². The summed E-state index contributed by atoms with van der Waals surface area (Å²) in [5, 5.41) is 9.58. The molecule has 0 aliphatic carbocycles. The van der Waals surface area contributed by atoms with Crippen LogP contribution in [-0.4, -0.2) is 39.6 Å². The van der Waals surface area contributed by atoms with Crippen LogP contribution in [-0.2, 0) is 16.1 Å². The molecule has 0 bridgehead atoms. The largest absolute Gasteiger partial charge is 0.480 e. The summed E-state index contributed by atoms with van der Waals surface area (Å²) < 4.78 is 5.29. The predicted octanol–water partition coefficient (Wildman–Crippen LogP) is 2.66. The van der Waals surface area contributed by atoms with Crippen LogP contribution < -0.4 is 0 Å². The van der Waals surface area contributed by atoms with Gasteiger partial charge in [0.25, 0.3) is 0 Å². The Morgan fingerprint density at radius 2 is 1.88 bits per heavy atom. The Balaban J connectivity index is 1.70. The summed E-state index contributed by atoms with van der Waals surface area (Å²) in [7, 11) is 0. The molecule has 2 atom stereocenters. The first-order valence-corrected chi connectivity index (χ1v) is 7.77. The van der Waals surface area contributed by atoms with Crippen LogP contribution >= 0.6 is 0 Å². The van der Waals surface area contributed by atoms with Gasteiger partial charge in [0.2, 0.25) is 0 Å². The van der Waals surface area contributed by atoms with Crippen LogP contribution in [0.4, 0.5) is 4.79 Å². The zero-order chi connectivity index (χ0) is 16.9. The highest BCUT2D eigenvalue weighted by molar-refractivity contribution is 5.82. The number of rotatable bonds is 4. The summed E-state index contributed by atoms with van der Waals surface area (Å²) >= 11 is 0. The van der Waals surface area contributed by atoms with Gasteiger partial charge < -0.3 is 9.84 Å². The Labute approximate surface area is 139 Å². The molecular weight excluding hydrogens is 308 g/mol. The van der Waals surface area contributed by atoms with Crippen molar-refractivity contribution in [2.24, 2.45) is 0 Å². The van der Waals surface area contributed by atoms with E-state index in [-0.39, 0.29) is 12.5 Å². The first-order valence-electron chi connectivity index (χ1n) is 7.77. The number of hydrogen-bond donors (Lipinski definition) is 1. The average Bonchev–Trinajstić information content (AvgIpc) is 3.07. The Bertz CT molecular complexity index is 705. The lowest BCUT2D eigenvalue weighted by molar-refractivity contribution is -0.142. The third kappa shape index (κ3) is 3.37. The minimum absolute atomic E-state index is 0.127. The molecule has 1 unspecified atom stereocenters. The zero-order valence-electron chi connectivity index (χ0n) is 13.0. The summed E-state index contributed by atoms with van der Waals surface area (Å²) in [6, 6.07) is 12.0. The van der Waals surface area contributed by atoms with Crippen molar-refractivity contribution in [1.29, 1.82) is 0 Å². The minimum Gasteiger partial charge on any atom is -0.480 e. The molecule has 2 heterocycles. The Hall–Kier alpha value is -2.89. The van der Waals surface area contributed by atoms with Gasteiger partial charge in [-0.3, -0.25) is 9.88 Å². The summed E-state index contributed by atoms with van der Waals surface area (Å²) in [5.41, 5.74) is 1.73. The maximum absolute atomic E-state index is 12.3. The quantitative estimate of drug-likeness (QED) is 0.934. The fourth-order valence-corrected chi connectivity index (χ4v) is 3.06. The van der Waals surface area contributed by atoms with Gasteiger partial charge in [0.1, 0.15) is 12.6 Å². The number of aromatic nitrogens is 1. The Morgan fingerprint density at radius 1 is 1.17 bits per heavy atom. The number of pyridine rings is 1. The molecule has 0 spiro atoms. The van der Waals surface area contributed by atoms with E-state index in [1.54, 1.807) is 24.5 Å². The molecule has 1 fully saturated rings. The number of benzene rings is 1. The number of carbonyl (C=O) groups is 2. The average molecular weight is 326 g/mol. The third-order valence-electron chi connectivity index (χ3n) is 4.22. The van der Waals surface area contributed by atoms with Gasteiger partial charge in [-0.05, 0) is 29.7 Å². The van der Waals surface area contributed by atoms with Gasteiger partial charge in [0.05, 0.1) is 0 Å². The number of amides is 1. The van der Waals surface area contributed by atoms with Crippen molar-refractivity contribution < 1.29 is 19.4 Å². The maximum Gasteiger partial charge on any atom is 0.410 e. The monoisotopic (exact) mass is 326 g/mol. The SMILES string of the molecule is O=C(O)C1[C@@H](c2ccncc2)CCN1C(=O)OCc1ccccc1. The van der Waals surface area contributed by atoms with Gasteiger partial charge in [-0.2, -0.15) is 0 Å². The van der Waals surface area contributed by atoms with Crippen LogP contribution in [0.1, 0.15) is 23.5 Å². The van der Waals surface area contributed by atoms with Crippen LogP contribution in [0.5, 0.6) is 0 Å². The van der Waals surface area contributed by atoms with E-state index in [0.29, 0.717) is 13.0 Å². The molecule has 1 saturated heterocycles. The molecule has 6 nitrogen and oxygen atoms in total. The normalized spacial score (nSPS) is 19.9. The van der Waals surface area contributed by atoms with Crippen molar-refractivity contribution in [3.63, 3.8) is 0 Å².